The average molecular weight is 577 g/mol. The Hall–Kier alpha value is -5.60. The molecule has 0 bridgehead atoms. The maximum Gasteiger partial charge on any atom is 0.0562 e. The number of para-hydroxylation sites is 2. The van der Waals surface area contributed by atoms with E-state index in [-0.39, 0.29) is 0 Å². The molecule has 214 valence electrons. The first-order valence-corrected chi connectivity index (χ1v) is 15.8. The van der Waals surface area contributed by atoms with E-state index in [2.05, 4.69) is 180 Å². The highest BCUT2D eigenvalue weighted by Crippen LogP contribution is 2.40. The minimum atomic E-state index is 0.408. The van der Waals surface area contributed by atoms with Crippen LogP contribution in [0.3, 0.4) is 0 Å². The first-order chi connectivity index (χ1) is 22.2. The molecule has 2 heterocycles. The van der Waals surface area contributed by atoms with E-state index in [1.807, 2.05) is 0 Å². The number of fused-ring (bicyclic) bond motifs is 6. The zero-order chi connectivity index (χ0) is 29.9. The van der Waals surface area contributed by atoms with Crippen LogP contribution in [-0.4, -0.2) is 9.13 Å². The quantitative estimate of drug-likeness (QED) is 0.197. The number of benzene rings is 6. The van der Waals surface area contributed by atoms with Gasteiger partial charge in [-0.2, -0.15) is 0 Å². The van der Waals surface area contributed by atoms with Gasteiger partial charge in [-0.05, 0) is 71.1 Å². The Kier molecular flexibility index (Phi) is 5.89. The number of nitrogens with zero attached hydrogens (tertiary/aromatic N) is 2. The number of allylic oxidation sites excluding steroid dienone is 4. The number of hydrogen-bond acceptors (Lipinski definition) is 0. The third-order valence-corrected chi connectivity index (χ3v) is 9.65. The topological polar surface area (TPSA) is 9.86 Å². The Morgan fingerprint density at radius 1 is 0.422 bits per heavy atom. The lowest BCUT2D eigenvalue weighted by Gasteiger charge is -2.21. The van der Waals surface area contributed by atoms with Crippen LogP contribution in [0, 0.1) is 5.92 Å². The molecule has 2 unspecified atom stereocenters. The summed E-state index contributed by atoms with van der Waals surface area (Å²) in [5.74, 6) is 0.900. The van der Waals surface area contributed by atoms with E-state index in [0.29, 0.717) is 11.8 Å². The van der Waals surface area contributed by atoms with Gasteiger partial charge in [0, 0.05) is 38.8 Å². The standard InChI is InChI=1S/C43H32N2/c1-29-11-5-6-14-35(29)32-21-25-34(26-22-32)45-41-18-10-8-16-37(41)39-27-38-36-15-7-9-17-40(36)44(42(38)28-43(39)45)33-23-19-31(20-24-33)30-12-3-2-4-13-30/h2-29,35H,1H3. The summed E-state index contributed by atoms with van der Waals surface area (Å²) in [5, 5.41) is 5.09. The van der Waals surface area contributed by atoms with Crippen molar-refractivity contribution >= 4 is 43.6 Å². The molecular formula is C43H32N2. The van der Waals surface area contributed by atoms with E-state index in [0.717, 1.165) is 5.69 Å². The van der Waals surface area contributed by atoms with Gasteiger partial charge in [0.05, 0.1) is 22.1 Å². The predicted octanol–water partition coefficient (Wildman–Crippen LogP) is 11.4. The van der Waals surface area contributed by atoms with Gasteiger partial charge in [0.15, 0.2) is 0 Å². The third-order valence-electron chi connectivity index (χ3n) is 9.65. The first kappa shape index (κ1) is 25.9. The fraction of sp³-hybridized carbons (Fsp3) is 0.0698. The fourth-order valence-corrected chi connectivity index (χ4v) is 7.40. The molecule has 8 aromatic rings. The SMILES string of the molecule is CC1C=CC=CC1c1ccc(-n2c3ccccc3c3cc4c5ccccc5n(-c5ccc(-c6ccccc6)cc5)c4cc32)cc1. The molecule has 2 atom stereocenters. The average Bonchev–Trinajstić information content (AvgIpc) is 3.60. The maximum absolute atomic E-state index is 2.44. The summed E-state index contributed by atoms with van der Waals surface area (Å²) in [6.07, 6.45) is 8.95. The molecule has 1 aliphatic carbocycles. The van der Waals surface area contributed by atoms with Crippen molar-refractivity contribution < 1.29 is 0 Å². The molecular weight excluding hydrogens is 544 g/mol. The zero-order valence-corrected chi connectivity index (χ0v) is 25.1. The monoisotopic (exact) mass is 576 g/mol. The number of rotatable bonds is 4. The van der Waals surface area contributed by atoms with Crippen molar-refractivity contribution in [3.8, 4) is 22.5 Å². The molecule has 2 aromatic heterocycles. The lowest BCUT2D eigenvalue weighted by Crippen LogP contribution is -2.07. The van der Waals surface area contributed by atoms with Gasteiger partial charge in [0.25, 0.3) is 0 Å². The van der Waals surface area contributed by atoms with Crippen LogP contribution in [0.5, 0.6) is 0 Å². The second kappa shape index (κ2) is 10.2. The van der Waals surface area contributed by atoms with Crippen LogP contribution in [0.1, 0.15) is 18.4 Å². The van der Waals surface area contributed by atoms with Gasteiger partial charge in [-0.3, -0.25) is 0 Å². The van der Waals surface area contributed by atoms with E-state index < -0.39 is 0 Å². The smallest absolute Gasteiger partial charge is 0.0562 e. The predicted molar refractivity (Wildman–Crippen MR) is 191 cm³/mol. The summed E-state index contributed by atoms with van der Waals surface area (Å²) in [4.78, 5) is 0. The van der Waals surface area contributed by atoms with E-state index in [4.69, 9.17) is 0 Å². The molecule has 0 amide bonds. The largest absolute Gasteiger partial charge is 0.309 e. The minimum absolute atomic E-state index is 0.408. The normalized spacial score (nSPS) is 16.4. The molecule has 45 heavy (non-hydrogen) atoms. The molecule has 0 N–H and O–H groups in total. The molecule has 2 heteroatoms. The molecule has 0 radical (unpaired) electrons. The second-order valence-electron chi connectivity index (χ2n) is 12.3. The van der Waals surface area contributed by atoms with Gasteiger partial charge in [-0.25, -0.2) is 0 Å². The van der Waals surface area contributed by atoms with Crippen molar-refractivity contribution in [1.82, 2.24) is 9.13 Å². The van der Waals surface area contributed by atoms with Crippen LogP contribution in [0.25, 0.3) is 66.1 Å². The van der Waals surface area contributed by atoms with E-state index in [1.54, 1.807) is 0 Å². The van der Waals surface area contributed by atoms with Gasteiger partial charge in [0.2, 0.25) is 0 Å². The molecule has 1 aliphatic rings. The van der Waals surface area contributed by atoms with Crippen LogP contribution in [0.4, 0.5) is 0 Å². The Labute approximate surface area is 262 Å². The van der Waals surface area contributed by atoms with Gasteiger partial charge in [0.1, 0.15) is 0 Å². The molecule has 0 aliphatic heterocycles. The first-order valence-electron chi connectivity index (χ1n) is 15.8. The van der Waals surface area contributed by atoms with E-state index in [1.165, 1.54) is 66.0 Å². The fourth-order valence-electron chi connectivity index (χ4n) is 7.40. The van der Waals surface area contributed by atoms with Crippen LogP contribution in [-0.2, 0) is 0 Å². The van der Waals surface area contributed by atoms with Crippen LogP contribution < -0.4 is 0 Å². The molecule has 6 aromatic carbocycles. The van der Waals surface area contributed by atoms with Crippen molar-refractivity contribution in [2.24, 2.45) is 5.92 Å². The third kappa shape index (κ3) is 4.10. The van der Waals surface area contributed by atoms with Crippen molar-refractivity contribution in [2.45, 2.75) is 12.8 Å². The maximum atomic E-state index is 2.44. The Bertz CT molecular complexity index is 2420. The lowest BCUT2D eigenvalue weighted by molar-refractivity contribution is 0.635. The van der Waals surface area contributed by atoms with Gasteiger partial charge in [-0.15, -0.1) is 0 Å². The summed E-state index contributed by atoms with van der Waals surface area (Å²) >= 11 is 0. The van der Waals surface area contributed by atoms with Crippen LogP contribution >= 0.6 is 0 Å². The Morgan fingerprint density at radius 2 is 0.933 bits per heavy atom. The Morgan fingerprint density at radius 3 is 1.53 bits per heavy atom. The highest BCUT2D eigenvalue weighted by atomic mass is 15.0. The highest BCUT2D eigenvalue weighted by Gasteiger charge is 2.20. The van der Waals surface area contributed by atoms with Crippen molar-refractivity contribution in [3.63, 3.8) is 0 Å². The van der Waals surface area contributed by atoms with E-state index >= 15 is 0 Å². The summed E-state index contributed by atoms with van der Waals surface area (Å²) < 4.78 is 4.86. The van der Waals surface area contributed by atoms with Gasteiger partial charge < -0.3 is 9.13 Å². The summed E-state index contributed by atoms with van der Waals surface area (Å²) in [5.41, 5.74) is 11.0. The minimum Gasteiger partial charge on any atom is -0.309 e. The van der Waals surface area contributed by atoms with Gasteiger partial charge >= 0.3 is 0 Å². The molecule has 0 spiro atoms. The Balaban J connectivity index is 1.27. The molecule has 0 saturated carbocycles. The van der Waals surface area contributed by atoms with E-state index in [9.17, 15) is 0 Å². The molecule has 9 rings (SSSR count). The zero-order valence-electron chi connectivity index (χ0n) is 25.1. The lowest BCUT2D eigenvalue weighted by atomic mass is 9.84. The van der Waals surface area contributed by atoms with Crippen LogP contribution in [0.2, 0.25) is 0 Å². The second-order valence-corrected chi connectivity index (χ2v) is 12.3. The van der Waals surface area contributed by atoms with Gasteiger partial charge in [-0.1, -0.05) is 122 Å². The van der Waals surface area contributed by atoms with Crippen molar-refractivity contribution in [1.29, 1.82) is 0 Å². The highest BCUT2D eigenvalue weighted by molar-refractivity contribution is 6.19. The summed E-state index contributed by atoms with van der Waals surface area (Å²) in [7, 11) is 0. The summed E-state index contributed by atoms with van der Waals surface area (Å²) in [6.45, 7) is 2.30. The van der Waals surface area contributed by atoms with Crippen molar-refractivity contribution in [2.75, 3.05) is 0 Å². The van der Waals surface area contributed by atoms with Crippen LogP contribution in [0.15, 0.2) is 164 Å². The molecule has 2 nitrogen and oxygen atoms in total. The molecule has 0 saturated heterocycles. The molecule has 0 fully saturated rings. The van der Waals surface area contributed by atoms with Crippen molar-refractivity contribution in [3.05, 3.63) is 169 Å². The summed E-state index contributed by atoms with van der Waals surface area (Å²) in [6, 6.07) is 51.2. The number of hydrogen-bond donors (Lipinski definition) is 0. The number of aromatic nitrogens is 2.